The van der Waals surface area contributed by atoms with Crippen molar-refractivity contribution in [3.05, 3.63) is 320 Å². The van der Waals surface area contributed by atoms with E-state index in [4.69, 9.17) is 16.8 Å². The number of allylic oxidation sites excluding steroid dienone is 4. The molecule has 0 amide bonds. The van der Waals surface area contributed by atoms with Crippen molar-refractivity contribution in [2.24, 2.45) is 0 Å². The second-order valence-corrected chi connectivity index (χ2v) is 25.1. The van der Waals surface area contributed by atoms with Crippen LogP contribution in [-0.4, -0.2) is 0 Å². The fraction of sp³-hybridized carbons (Fsp3) is 0.138. The topological polar surface area (TPSA) is 59.0 Å². The van der Waals surface area contributed by atoms with E-state index in [2.05, 4.69) is 316 Å². The third kappa shape index (κ3) is 13.0. The van der Waals surface area contributed by atoms with Gasteiger partial charge in [-0.25, -0.2) is 4.67 Å². The number of hydrogen-bond acceptors (Lipinski definition) is 6. The molecule has 0 bridgehead atoms. The summed E-state index contributed by atoms with van der Waals surface area (Å²) >= 11 is 0. The summed E-state index contributed by atoms with van der Waals surface area (Å²) in [5.74, 6) is 0. The summed E-state index contributed by atoms with van der Waals surface area (Å²) < 4.78 is 32.7. The van der Waals surface area contributed by atoms with Crippen LogP contribution in [0.15, 0.2) is 308 Å². The van der Waals surface area contributed by atoms with Gasteiger partial charge in [0.25, 0.3) is 0 Å². The van der Waals surface area contributed by atoms with Crippen molar-refractivity contribution in [3.8, 4) is 0 Å². The molecule has 4 atom stereocenters. The number of benzene rings is 12. The fourth-order valence-electron chi connectivity index (χ4n) is 12.4. The maximum Gasteiger partial charge on any atom is 0.310 e. The molecule has 6 nitrogen and oxygen atoms in total. The summed E-state index contributed by atoms with van der Waals surface area (Å²) in [4.78, 5) is 0. The van der Waals surface area contributed by atoms with E-state index in [-0.39, 0.29) is 44.3 Å². The molecule has 0 unspecified atom stereocenters. The smallest absolute Gasteiger partial charge is 0.310 e. The second kappa shape index (κ2) is 28.3. The normalized spacial score (nSPS) is 14.4. The molecule has 9 heteroatoms. The maximum absolute atomic E-state index is 7.01. The summed E-state index contributed by atoms with van der Waals surface area (Å²) in [5.41, 5.74) is 8.10. The molecular weight excluding hydrogens is 1310 g/mol. The Balaban J connectivity index is 0.000000152. The van der Waals surface area contributed by atoms with Gasteiger partial charge in [-0.3, -0.25) is 0 Å². The SMILES string of the molecule is C1=C\CC/C=C\CC/1.C[C@@H](c1ccccc1)N([C@@H](C)c1ccccc1)p1oc2ccc3ccccc3c2c2c(ccc3ccccc32)o1.[CH2-][C@@H](c1ccccc1)N([C@@H](C)c1ccccc1)p1oc2ccc3ccccc3c2c2c(ccc3ccccc32)o1.[Ir]. The predicted molar refractivity (Wildman–Crippen MR) is 375 cm³/mol. The first-order valence-corrected chi connectivity index (χ1v) is 32.9. The van der Waals surface area contributed by atoms with Crippen molar-refractivity contribution in [1.29, 1.82) is 0 Å². The minimum Gasteiger partial charge on any atom is -0.408 e. The molecule has 0 spiro atoms. The van der Waals surface area contributed by atoms with E-state index in [1.54, 1.807) is 0 Å². The monoisotopic (exact) mass is 1380 g/mol. The Morgan fingerprint density at radius 1 is 0.292 bits per heavy atom. The molecule has 12 aromatic carbocycles. The van der Waals surface area contributed by atoms with E-state index in [0.29, 0.717) is 0 Å². The van der Waals surface area contributed by atoms with Gasteiger partial charge in [0.1, 0.15) is 22.3 Å². The molecule has 445 valence electrons. The molecule has 89 heavy (non-hydrogen) atoms. The Bertz CT molecular complexity index is 4250. The summed E-state index contributed by atoms with van der Waals surface area (Å²) in [6.07, 6.45) is 14.0. The number of fused-ring (bicyclic) bond motifs is 14. The molecule has 2 heterocycles. The first-order chi connectivity index (χ1) is 43.4. The van der Waals surface area contributed by atoms with Crippen LogP contribution in [0, 0.1) is 6.92 Å². The van der Waals surface area contributed by atoms with E-state index >= 15 is 0 Å². The predicted octanol–water partition coefficient (Wildman–Crippen LogP) is 24.6. The zero-order valence-electron chi connectivity index (χ0n) is 50.3. The van der Waals surface area contributed by atoms with Gasteiger partial charge < -0.3 is 23.7 Å². The molecule has 15 rings (SSSR count). The van der Waals surface area contributed by atoms with Crippen molar-refractivity contribution < 1.29 is 36.9 Å². The quantitative estimate of drug-likeness (QED) is 0.100. The van der Waals surface area contributed by atoms with E-state index < -0.39 is 16.3 Å². The molecule has 1 aliphatic rings. The van der Waals surface area contributed by atoms with Gasteiger partial charge in [0.15, 0.2) is 0 Å². The molecule has 1 aliphatic carbocycles. The van der Waals surface area contributed by atoms with Crippen LogP contribution in [0.2, 0.25) is 0 Å². The summed E-state index contributed by atoms with van der Waals surface area (Å²) in [6, 6.07) is 93.2. The Morgan fingerprint density at radius 2 is 0.528 bits per heavy atom. The summed E-state index contributed by atoms with van der Waals surface area (Å²) in [5, 5.41) is 13.7. The van der Waals surface area contributed by atoms with Crippen LogP contribution in [0.25, 0.3) is 87.0 Å². The van der Waals surface area contributed by atoms with Gasteiger partial charge in [-0.15, -0.1) is 0 Å². The average molecular weight is 1380 g/mol. The van der Waals surface area contributed by atoms with Gasteiger partial charge in [-0.2, -0.15) is 4.67 Å². The van der Waals surface area contributed by atoms with Crippen molar-refractivity contribution in [2.45, 2.75) is 70.6 Å². The maximum atomic E-state index is 7.01. The molecule has 0 fully saturated rings. The number of hydrogen-bond donors (Lipinski definition) is 0. The van der Waals surface area contributed by atoms with Crippen molar-refractivity contribution in [1.82, 2.24) is 0 Å². The Morgan fingerprint density at radius 3 is 0.820 bits per heavy atom. The zero-order chi connectivity index (χ0) is 59.8. The largest absolute Gasteiger partial charge is 0.408 e. The zero-order valence-corrected chi connectivity index (χ0v) is 54.5. The van der Waals surface area contributed by atoms with Crippen LogP contribution in [0.5, 0.6) is 0 Å². The molecule has 0 aliphatic heterocycles. The van der Waals surface area contributed by atoms with E-state index in [9.17, 15) is 0 Å². The molecule has 0 saturated heterocycles. The number of nitrogens with zero attached hydrogens (tertiary/aromatic N) is 2. The van der Waals surface area contributed by atoms with Crippen molar-refractivity contribution >= 4 is 103 Å². The molecular formula is C80H71IrN2O4P2-. The average Bonchev–Trinajstić information content (AvgIpc) is 2.52. The van der Waals surface area contributed by atoms with Crippen LogP contribution in [0.3, 0.4) is 0 Å². The number of rotatable bonds is 10. The molecule has 14 aromatic rings. The standard InChI is InChI=1S/C36H30NO2P.C36H29NO2P.C8H12.Ir/c2*1-25(27-13-5-3-6-14-27)37(26(2)28-15-7-4-8-16-28)40-38-33-23-21-29-17-9-11-19-31(29)35(33)36-32-20-12-10-18-30(32)22-24-34(36)39-40;1-2-4-6-8-7-5-3-1;/h3-26H,1-2H3;3-26H,1H2,2H3;1-2,7-8H,3-6H2;/q;-1;;/b;;2-1-,8-7-;/t2*25-,26-;;/m00../s1. The van der Waals surface area contributed by atoms with Crippen LogP contribution >= 0.6 is 16.3 Å². The first-order valence-electron chi connectivity index (χ1n) is 30.7. The summed E-state index contributed by atoms with van der Waals surface area (Å²) in [7, 11) is -3.14. The second-order valence-electron chi connectivity index (χ2n) is 22.5. The summed E-state index contributed by atoms with van der Waals surface area (Å²) in [6.45, 7) is 11.4. The van der Waals surface area contributed by atoms with Gasteiger partial charge in [0.2, 0.25) is 0 Å². The van der Waals surface area contributed by atoms with Crippen LogP contribution in [-0.2, 0) is 20.1 Å². The third-order valence-corrected chi connectivity index (χ3v) is 20.5. The minimum atomic E-state index is -1.60. The Hall–Kier alpha value is -8.47. The Labute approximate surface area is 537 Å². The van der Waals surface area contributed by atoms with E-state index in [0.717, 1.165) is 71.0 Å². The van der Waals surface area contributed by atoms with Gasteiger partial charge >= 0.3 is 16.3 Å². The Kier molecular flexibility index (Phi) is 19.4. The van der Waals surface area contributed by atoms with Gasteiger partial charge in [-0.1, -0.05) is 279 Å². The van der Waals surface area contributed by atoms with Gasteiger partial charge in [-0.05, 0) is 131 Å². The van der Waals surface area contributed by atoms with Crippen LogP contribution < -0.4 is 9.34 Å². The van der Waals surface area contributed by atoms with E-state index in [1.807, 2.05) is 12.1 Å². The fourth-order valence-corrected chi connectivity index (χ4v) is 15.7. The molecule has 2 aromatic heterocycles. The van der Waals surface area contributed by atoms with Crippen molar-refractivity contribution in [3.63, 3.8) is 0 Å². The van der Waals surface area contributed by atoms with Gasteiger partial charge in [0, 0.05) is 59.8 Å². The molecule has 0 N–H and O–H groups in total. The third-order valence-electron chi connectivity index (χ3n) is 17.0. The van der Waals surface area contributed by atoms with E-state index in [1.165, 1.54) is 63.9 Å². The minimum absolute atomic E-state index is 0. The van der Waals surface area contributed by atoms with Crippen LogP contribution in [0.4, 0.5) is 0 Å². The van der Waals surface area contributed by atoms with Crippen molar-refractivity contribution in [2.75, 3.05) is 9.34 Å². The van der Waals surface area contributed by atoms with Crippen LogP contribution in [0.1, 0.15) is 92.9 Å². The molecule has 0 saturated carbocycles. The first kappa shape index (κ1) is 60.8. The van der Waals surface area contributed by atoms with Gasteiger partial charge in [0.05, 0.1) is 0 Å². The molecule has 1 radical (unpaired) electrons.